The summed E-state index contributed by atoms with van der Waals surface area (Å²) in [6.07, 6.45) is 1.72. The molecule has 0 unspecified atom stereocenters. The second kappa shape index (κ2) is 7.64. The average Bonchev–Trinajstić information content (AvgIpc) is 2.53. The largest absolute Gasteiger partial charge is 0.484 e. The molecule has 1 aliphatic heterocycles. The second-order valence-corrected chi connectivity index (χ2v) is 5.00. The summed E-state index contributed by atoms with van der Waals surface area (Å²) in [6.45, 7) is 1.73. The fourth-order valence-corrected chi connectivity index (χ4v) is 2.21. The third-order valence-electron chi connectivity index (χ3n) is 3.46. The molecule has 0 bridgehead atoms. The maximum Gasteiger partial charge on any atom is 0.257 e. The average molecular weight is 291 g/mol. The van der Waals surface area contributed by atoms with Gasteiger partial charge in [-0.1, -0.05) is 6.07 Å². The van der Waals surface area contributed by atoms with Crippen LogP contribution >= 0.6 is 0 Å². The standard InChI is InChI=1S/C15H21N3O3/c1-16-14(19)10-21-13-4-2-3-12(9-13)18-15(20)11-5-7-17-8-6-11/h2-4,9,11,17H,5-8,10H2,1H3,(H,16,19)(H,18,20). The monoisotopic (exact) mass is 291 g/mol. The molecule has 6 heteroatoms. The Bertz CT molecular complexity index is 499. The Balaban J connectivity index is 1.90. The summed E-state index contributed by atoms with van der Waals surface area (Å²) in [5, 5.41) is 8.63. The highest BCUT2D eigenvalue weighted by molar-refractivity contribution is 5.92. The minimum atomic E-state index is -0.195. The fourth-order valence-electron chi connectivity index (χ4n) is 2.21. The quantitative estimate of drug-likeness (QED) is 0.748. The lowest BCUT2D eigenvalue weighted by Crippen LogP contribution is -2.34. The van der Waals surface area contributed by atoms with E-state index in [9.17, 15) is 9.59 Å². The molecular formula is C15H21N3O3. The molecule has 1 aliphatic rings. The van der Waals surface area contributed by atoms with E-state index < -0.39 is 0 Å². The lowest BCUT2D eigenvalue weighted by atomic mass is 9.97. The molecule has 1 aromatic carbocycles. The van der Waals surface area contributed by atoms with Crippen molar-refractivity contribution in [2.75, 3.05) is 32.1 Å². The minimum Gasteiger partial charge on any atom is -0.484 e. The maximum absolute atomic E-state index is 12.1. The molecule has 0 atom stereocenters. The predicted molar refractivity (Wildman–Crippen MR) is 80.2 cm³/mol. The number of piperidine rings is 1. The van der Waals surface area contributed by atoms with E-state index in [2.05, 4.69) is 16.0 Å². The van der Waals surface area contributed by atoms with Gasteiger partial charge in [-0.3, -0.25) is 9.59 Å². The molecule has 0 spiro atoms. The van der Waals surface area contributed by atoms with Gasteiger partial charge in [0.25, 0.3) is 5.91 Å². The van der Waals surface area contributed by atoms with Crippen molar-refractivity contribution >= 4 is 17.5 Å². The Labute approximate surface area is 124 Å². The summed E-state index contributed by atoms with van der Waals surface area (Å²) in [5.41, 5.74) is 0.688. The molecule has 0 aliphatic carbocycles. The van der Waals surface area contributed by atoms with Crippen LogP contribution in [0.25, 0.3) is 0 Å². The first kappa shape index (κ1) is 15.3. The van der Waals surface area contributed by atoms with Gasteiger partial charge in [-0.05, 0) is 38.1 Å². The molecular weight excluding hydrogens is 270 g/mol. The van der Waals surface area contributed by atoms with Crippen LogP contribution in [0.3, 0.4) is 0 Å². The topological polar surface area (TPSA) is 79.5 Å². The molecule has 1 aromatic rings. The van der Waals surface area contributed by atoms with Crippen molar-refractivity contribution in [1.29, 1.82) is 0 Å². The van der Waals surface area contributed by atoms with Crippen LogP contribution in [-0.4, -0.2) is 38.6 Å². The van der Waals surface area contributed by atoms with Gasteiger partial charge in [0.15, 0.2) is 6.61 Å². The first-order chi connectivity index (χ1) is 10.2. The van der Waals surface area contributed by atoms with Gasteiger partial charge in [0.1, 0.15) is 5.75 Å². The number of likely N-dealkylation sites (N-methyl/N-ethyl adjacent to an activating group) is 1. The number of ether oxygens (including phenoxy) is 1. The molecule has 2 amide bonds. The van der Waals surface area contributed by atoms with Gasteiger partial charge >= 0.3 is 0 Å². The van der Waals surface area contributed by atoms with Gasteiger partial charge in [0.2, 0.25) is 5.91 Å². The zero-order chi connectivity index (χ0) is 15.1. The normalized spacial score (nSPS) is 15.3. The molecule has 21 heavy (non-hydrogen) atoms. The van der Waals surface area contributed by atoms with Crippen LogP contribution in [-0.2, 0) is 9.59 Å². The summed E-state index contributed by atoms with van der Waals surface area (Å²) < 4.78 is 5.35. The number of hydrogen-bond donors (Lipinski definition) is 3. The number of rotatable bonds is 5. The Kier molecular flexibility index (Phi) is 5.57. The maximum atomic E-state index is 12.1. The van der Waals surface area contributed by atoms with Crippen LogP contribution in [0, 0.1) is 5.92 Å². The third-order valence-corrected chi connectivity index (χ3v) is 3.46. The van der Waals surface area contributed by atoms with Gasteiger partial charge in [0, 0.05) is 24.7 Å². The van der Waals surface area contributed by atoms with Crippen molar-refractivity contribution < 1.29 is 14.3 Å². The van der Waals surface area contributed by atoms with E-state index in [4.69, 9.17) is 4.74 Å². The number of anilines is 1. The summed E-state index contributed by atoms with van der Waals surface area (Å²) in [4.78, 5) is 23.3. The van der Waals surface area contributed by atoms with Crippen molar-refractivity contribution in [3.63, 3.8) is 0 Å². The van der Waals surface area contributed by atoms with Gasteiger partial charge in [0.05, 0.1) is 0 Å². The Morgan fingerprint density at radius 2 is 2.10 bits per heavy atom. The first-order valence-corrected chi connectivity index (χ1v) is 7.14. The van der Waals surface area contributed by atoms with E-state index >= 15 is 0 Å². The number of carbonyl (C=O) groups is 2. The van der Waals surface area contributed by atoms with Crippen molar-refractivity contribution in [3.05, 3.63) is 24.3 Å². The first-order valence-electron chi connectivity index (χ1n) is 7.14. The fraction of sp³-hybridized carbons (Fsp3) is 0.467. The Morgan fingerprint density at radius 3 is 2.81 bits per heavy atom. The van der Waals surface area contributed by atoms with E-state index in [1.807, 2.05) is 6.07 Å². The van der Waals surface area contributed by atoms with E-state index in [0.29, 0.717) is 11.4 Å². The smallest absolute Gasteiger partial charge is 0.257 e. The highest BCUT2D eigenvalue weighted by Crippen LogP contribution is 2.20. The van der Waals surface area contributed by atoms with Gasteiger partial charge in [-0.2, -0.15) is 0 Å². The van der Waals surface area contributed by atoms with E-state index in [1.165, 1.54) is 0 Å². The number of amides is 2. The van der Waals surface area contributed by atoms with E-state index in [-0.39, 0.29) is 24.3 Å². The van der Waals surface area contributed by atoms with Gasteiger partial charge in [-0.25, -0.2) is 0 Å². The van der Waals surface area contributed by atoms with Crippen LogP contribution in [0.5, 0.6) is 5.75 Å². The predicted octanol–water partition coefficient (Wildman–Crippen LogP) is 0.749. The molecule has 2 rings (SSSR count). The van der Waals surface area contributed by atoms with E-state index in [0.717, 1.165) is 25.9 Å². The van der Waals surface area contributed by atoms with Crippen molar-refractivity contribution in [2.24, 2.45) is 5.92 Å². The molecule has 6 nitrogen and oxygen atoms in total. The molecule has 1 fully saturated rings. The zero-order valence-corrected chi connectivity index (χ0v) is 12.1. The second-order valence-electron chi connectivity index (χ2n) is 5.00. The van der Waals surface area contributed by atoms with Crippen LogP contribution in [0.1, 0.15) is 12.8 Å². The lowest BCUT2D eigenvalue weighted by Gasteiger charge is -2.21. The van der Waals surface area contributed by atoms with Gasteiger partial charge in [-0.15, -0.1) is 0 Å². The molecule has 0 radical (unpaired) electrons. The summed E-state index contributed by atoms with van der Waals surface area (Å²) in [7, 11) is 1.56. The lowest BCUT2D eigenvalue weighted by molar-refractivity contribution is -0.122. The van der Waals surface area contributed by atoms with Gasteiger partial charge < -0.3 is 20.7 Å². The highest BCUT2D eigenvalue weighted by Gasteiger charge is 2.20. The number of nitrogens with one attached hydrogen (secondary N) is 3. The molecule has 0 saturated carbocycles. The Morgan fingerprint density at radius 1 is 1.33 bits per heavy atom. The zero-order valence-electron chi connectivity index (χ0n) is 12.1. The highest BCUT2D eigenvalue weighted by atomic mass is 16.5. The van der Waals surface area contributed by atoms with Crippen LogP contribution in [0.15, 0.2) is 24.3 Å². The Hall–Kier alpha value is -2.08. The van der Waals surface area contributed by atoms with Crippen LogP contribution in [0.4, 0.5) is 5.69 Å². The SMILES string of the molecule is CNC(=O)COc1cccc(NC(=O)C2CCNCC2)c1. The summed E-state index contributed by atoms with van der Waals surface area (Å²) in [5.74, 6) is 0.461. The van der Waals surface area contributed by atoms with E-state index in [1.54, 1.807) is 25.2 Å². The minimum absolute atomic E-state index is 0.0395. The van der Waals surface area contributed by atoms with Crippen LogP contribution < -0.4 is 20.7 Å². The number of carbonyl (C=O) groups excluding carboxylic acids is 2. The number of benzene rings is 1. The summed E-state index contributed by atoms with van der Waals surface area (Å²) >= 11 is 0. The summed E-state index contributed by atoms with van der Waals surface area (Å²) in [6, 6.07) is 7.08. The number of hydrogen-bond acceptors (Lipinski definition) is 4. The molecule has 0 aromatic heterocycles. The van der Waals surface area contributed by atoms with Crippen molar-refractivity contribution in [2.45, 2.75) is 12.8 Å². The molecule has 3 N–H and O–H groups in total. The third kappa shape index (κ3) is 4.75. The van der Waals surface area contributed by atoms with Crippen molar-refractivity contribution in [3.8, 4) is 5.75 Å². The molecule has 114 valence electrons. The molecule has 1 saturated heterocycles. The van der Waals surface area contributed by atoms with Crippen molar-refractivity contribution in [1.82, 2.24) is 10.6 Å². The molecule has 1 heterocycles. The van der Waals surface area contributed by atoms with Crippen LogP contribution in [0.2, 0.25) is 0 Å².